The van der Waals surface area contributed by atoms with Crippen LogP contribution in [0.2, 0.25) is 0 Å². The van der Waals surface area contributed by atoms with Gasteiger partial charge in [-0.1, -0.05) is 60.7 Å². The average Bonchev–Trinajstić information content (AvgIpc) is 2.53. The van der Waals surface area contributed by atoms with E-state index in [2.05, 4.69) is 60.7 Å². The molecule has 1 nitrogen and oxygen atoms in total. The molecule has 5 rings (SSSR count). The highest BCUT2D eigenvalue weighted by atomic mass is 14.5. The fourth-order valence-corrected chi connectivity index (χ4v) is 3.89. The fraction of sp³-hybridized carbons (Fsp3) is 0.0500. The van der Waals surface area contributed by atoms with Gasteiger partial charge in [0.05, 0.1) is 5.71 Å². The Morgan fingerprint density at radius 2 is 1.81 bits per heavy atom. The predicted octanol–water partition coefficient (Wildman–Crippen LogP) is 4.57. The quantitative estimate of drug-likeness (QED) is 0.712. The number of hydrogen-bond donors (Lipinski definition) is 1. The summed E-state index contributed by atoms with van der Waals surface area (Å²) in [4.78, 5) is 0. The van der Waals surface area contributed by atoms with Crippen molar-refractivity contribution in [1.82, 2.24) is 0 Å². The summed E-state index contributed by atoms with van der Waals surface area (Å²) in [5, 5.41) is 8.40. The summed E-state index contributed by atoms with van der Waals surface area (Å²) in [6, 6.07) is 6.46. The second-order valence-corrected chi connectivity index (χ2v) is 5.79. The molecule has 0 amide bonds. The normalized spacial score (nSPS) is 23.6. The van der Waals surface area contributed by atoms with Gasteiger partial charge >= 0.3 is 0 Å². The van der Waals surface area contributed by atoms with E-state index in [-0.39, 0.29) is 0 Å². The van der Waals surface area contributed by atoms with E-state index in [0.717, 1.165) is 5.57 Å². The minimum absolute atomic E-state index is 0.296. The molecule has 21 heavy (non-hydrogen) atoms. The third-order valence-corrected chi connectivity index (χ3v) is 4.73. The molecule has 0 aliphatic heterocycles. The molecule has 0 spiro atoms. The maximum absolute atomic E-state index is 8.40. The number of allylic oxidation sites excluding steroid dienone is 11. The molecule has 4 aliphatic carbocycles. The van der Waals surface area contributed by atoms with E-state index in [4.69, 9.17) is 5.41 Å². The Bertz CT molecular complexity index is 898. The summed E-state index contributed by atoms with van der Waals surface area (Å²) >= 11 is 0. The van der Waals surface area contributed by atoms with Crippen molar-refractivity contribution in [2.24, 2.45) is 5.92 Å². The summed E-state index contributed by atoms with van der Waals surface area (Å²) in [5.74, 6) is 0.296. The molecule has 98 valence electrons. The molecule has 1 aromatic rings. The van der Waals surface area contributed by atoms with Crippen molar-refractivity contribution in [3.05, 3.63) is 88.6 Å². The largest absolute Gasteiger partial charge is 0.300 e. The summed E-state index contributed by atoms with van der Waals surface area (Å²) < 4.78 is 0. The highest BCUT2D eigenvalue weighted by Crippen LogP contribution is 2.51. The van der Waals surface area contributed by atoms with E-state index < -0.39 is 0 Å². The molecular formula is C20H13N. The van der Waals surface area contributed by atoms with E-state index in [0.29, 0.717) is 11.6 Å². The van der Waals surface area contributed by atoms with Crippen LogP contribution in [0.4, 0.5) is 0 Å². The highest BCUT2D eigenvalue weighted by molar-refractivity contribution is 6.34. The topological polar surface area (TPSA) is 23.9 Å². The Hall–Kier alpha value is -2.67. The molecule has 1 heteroatoms. The van der Waals surface area contributed by atoms with Crippen LogP contribution in [0.25, 0.3) is 17.2 Å². The second-order valence-electron chi connectivity index (χ2n) is 5.79. The Morgan fingerprint density at radius 3 is 2.76 bits per heavy atom. The molecule has 0 radical (unpaired) electrons. The number of hydrogen-bond acceptors (Lipinski definition) is 1. The molecular weight excluding hydrogens is 254 g/mol. The van der Waals surface area contributed by atoms with Crippen LogP contribution in [0.5, 0.6) is 0 Å². The van der Waals surface area contributed by atoms with Crippen molar-refractivity contribution >= 4 is 22.9 Å². The van der Waals surface area contributed by atoms with Crippen molar-refractivity contribution in [3.63, 3.8) is 0 Å². The van der Waals surface area contributed by atoms with Gasteiger partial charge in [-0.3, -0.25) is 0 Å². The van der Waals surface area contributed by atoms with Gasteiger partial charge < -0.3 is 5.41 Å². The summed E-state index contributed by atoms with van der Waals surface area (Å²) in [5.41, 5.74) is 9.47. The smallest absolute Gasteiger partial charge is 0.0622 e. The molecule has 1 unspecified atom stereocenters. The van der Waals surface area contributed by atoms with Crippen LogP contribution in [-0.4, -0.2) is 5.71 Å². The van der Waals surface area contributed by atoms with Crippen LogP contribution in [0.3, 0.4) is 0 Å². The number of nitrogens with one attached hydrogen (secondary N) is 1. The molecule has 0 saturated carbocycles. The Labute approximate surface area is 123 Å². The third kappa shape index (κ3) is 1.28. The zero-order valence-corrected chi connectivity index (χ0v) is 11.4. The second kappa shape index (κ2) is 3.70. The lowest BCUT2D eigenvalue weighted by Crippen LogP contribution is -2.23. The fourth-order valence-electron chi connectivity index (χ4n) is 3.89. The first kappa shape index (κ1) is 11.0. The zero-order chi connectivity index (χ0) is 14.0. The third-order valence-electron chi connectivity index (χ3n) is 4.73. The maximum atomic E-state index is 8.40. The lowest BCUT2D eigenvalue weighted by molar-refractivity contribution is 0.947. The zero-order valence-electron chi connectivity index (χ0n) is 11.4. The van der Waals surface area contributed by atoms with E-state index in [1.807, 2.05) is 6.08 Å². The van der Waals surface area contributed by atoms with Crippen LogP contribution >= 0.6 is 0 Å². The minimum Gasteiger partial charge on any atom is -0.300 e. The van der Waals surface area contributed by atoms with Gasteiger partial charge in [0.1, 0.15) is 0 Å². The molecule has 1 atom stereocenters. The van der Waals surface area contributed by atoms with Crippen LogP contribution in [0.15, 0.2) is 71.9 Å². The molecule has 0 heterocycles. The lowest BCUT2D eigenvalue weighted by Gasteiger charge is -2.37. The van der Waals surface area contributed by atoms with Crippen molar-refractivity contribution in [2.75, 3.05) is 0 Å². The number of benzene rings is 1. The van der Waals surface area contributed by atoms with Crippen LogP contribution in [0, 0.1) is 11.3 Å². The Balaban J connectivity index is 1.98. The van der Waals surface area contributed by atoms with Crippen LogP contribution < -0.4 is 0 Å². The molecule has 4 aliphatic rings. The molecule has 0 fully saturated rings. The van der Waals surface area contributed by atoms with Crippen molar-refractivity contribution < 1.29 is 0 Å². The van der Waals surface area contributed by atoms with Crippen LogP contribution in [-0.2, 0) is 0 Å². The molecule has 1 N–H and O–H groups in total. The van der Waals surface area contributed by atoms with Crippen molar-refractivity contribution in [3.8, 4) is 0 Å². The first-order valence-electron chi connectivity index (χ1n) is 7.26. The first-order chi connectivity index (χ1) is 10.3. The summed E-state index contributed by atoms with van der Waals surface area (Å²) in [6.07, 6.45) is 17.0. The first-order valence-corrected chi connectivity index (χ1v) is 7.26. The van der Waals surface area contributed by atoms with Crippen molar-refractivity contribution in [1.29, 1.82) is 5.41 Å². The van der Waals surface area contributed by atoms with Gasteiger partial charge in [-0.15, -0.1) is 0 Å². The van der Waals surface area contributed by atoms with E-state index >= 15 is 0 Å². The maximum Gasteiger partial charge on any atom is 0.0622 e. The number of rotatable bonds is 0. The molecule has 0 bridgehead atoms. The molecule has 0 aromatic heterocycles. The van der Waals surface area contributed by atoms with Gasteiger partial charge in [-0.05, 0) is 39.5 Å². The van der Waals surface area contributed by atoms with E-state index in [1.165, 1.54) is 33.4 Å². The van der Waals surface area contributed by atoms with Gasteiger partial charge in [-0.2, -0.15) is 0 Å². The Morgan fingerprint density at radius 1 is 0.905 bits per heavy atom. The Kier molecular flexibility index (Phi) is 1.95. The highest BCUT2D eigenvalue weighted by Gasteiger charge is 2.36. The van der Waals surface area contributed by atoms with Gasteiger partial charge in [0.15, 0.2) is 0 Å². The lowest BCUT2D eigenvalue weighted by atomic mass is 9.66. The van der Waals surface area contributed by atoms with Gasteiger partial charge in [0, 0.05) is 11.5 Å². The SMILES string of the molecule is N=C1C=Cc2cccc3c2C1=C1C=CC=C2C=CC=C3C21. The minimum atomic E-state index is 0.296. The van der Waals surface area contributed by atoms with Gasteiger partial charge in [0.25, 0.3) is 0 Å². The average molecular weight is 267 g/mol. The van der Waals surface area contributed by atoms with Crippen molar-refractivity contribution in [2.45, 2.75) is 0 Å². The predicted molar refractivity (Wildman–Crippen MR) is 88.0 cm³/mol. The van der Waals surface area contributed by atoms with Gasteiger partial charge in [0.2, 0.25) is 0 Å². The summed E-state index contributed by atoms with van der Waals surface area (Å²) in [7, 11) is 0. The molecule has 1 aromatic carbocycles. The van der Waals surface area contributed by atoms with E-state index in [9.17, 15) is 0 Å². The molecule has 0 saturated heterocycles. The monoisotopic (exact) mass is 267 g/mol. The standard InChI is InChI=1S/C20H13N/c21-17-11-10-13-6-2-8-15-14-7-1-4-12-5-3-9-16(18(12)14)20(17)19(13)15/h1-11,18,21H. The van der Waals surface area contributed by atoms with Crippen LogP contribution in [0.1, 0.15) is 16.7 Å². The van der Waals surface area contributed by atoms with E-state index in [1.54, 1.807) is 0 Å². The summed E-state index contributed by atoms with van der Waals surface area (Å²) in [6.45, 7) is 0. The number of fused-ring (bicyclic) bond motifs is 1. The van der Waals surface area contributed by atoms with Gasteiger partial charge in [-0.25, -0.2) is 0 Å².